The summed E-state index contributed by atoms with van der Waals surface area (Å²) in [5.74, 6) is 0.798. The van der Waals surface area contributed by atoms with Gasteiger partial charge in [-0.3, -0.25) is 9.79 Å². The first-order valence-corrected chi connectivity index (χ1v) is 12.6. The third-order valence-corrected chi connectivity index (χ3v) is 7.41. The molecule has 2 aliphatic heterocycles. The van der Waals surface area contributed by atoms with Crippen molar-refractivity contribution >= 4 is 34.0 Å². The Morgan fingerprint density at radius 3 is 2.88 bits per heavy atom. The summed E-state index contributed by atoms with van der Waals surface area (Å²) in [6.45, 7) is 4.37. The van der Waals surface area contributed by atoms with Crippen molar-refractivity contribution in [2.24, 2.45) is 4.99 Å². The molecule has 33 heavy (non-hydrogen) atoms. The monoisotopic (exact) mass is 473 g/mol. The number of carbonyl (C=O) groups excluding carboxylic acids is 2. The lowest BCUT2D eigenvalue weighted by Gasteiger charge is -2.15. The van der Waals surface area contributed by atoms with Gasteiger partial charge in [-0.1, -0.05) is 11.6 Å². The summed E-state index contributed by atoms with van der Waals surface area (Å²) in [4.78, 5) is 28.1. The molecule has 1 atom stereocenters. The number of unbranched alkanes of at least 4 members (excludes halogenated alkanes) is 1. The summed E-state index contributed by atoms with van der Waals surface area (Å²) < 4.78 is 15.9. The number of hydrogen-bond acceptors (Lipinski definition) is 7. The van der Waals surface area contributed by atoms with Crippen LogP contribution in [0.2, 0.25) is 0 Å². The molecule has 0 saturated carbocycles. The zero-order valence-electron chi connectivity index (χ0n) is 19.4. The summed E-state index contributed by atoms with van der Waals surface area (Å²) in [6.07, 6.45) is 8.70. The number of rotatable bonds is 11. The number of allylic oxidation sites excluding steroid dienone is 2. The van der Waals surface area contributed by atoms with Crippen molar-refractivity contribution in [3.8, 4) is 11.5 Å². The topological polar surface area (TPSA) is 94.4 Å². The van der Waals surface area contributed by atoms with E-state index in [-0.39, 0.29) is 34.4 Å². The fraction of sp³-hybridized carbons (Fsp3) is 0.440. The van der Waals surface area contributed by atoms with Crippen molar-refractivity contribution in [1.82, 2.24) is 0 Å². The third-order valence-electron chi connectivity index (χ3n) is 5.71. The van der Waals surface area contributed by atoms with Gasteiger partial charge in [0.1, 0.15) is 23.7 Å². The van der Waals surface area contributed by atoms with Gasteiger partial charge in [-0.05, 0) is 61.6 Å². The summed E-state index contributed by atoms with van der Waals surface area (Å²) in [6, 6.07) is 0. The van der Waals surface area contributed by atoms with E-state index >= 15 is 0 Å². The zero-order chi connectivity index (χ0) is 23.8. The van der Waals surface area contributed by atoms with E-state index in [1.54, 1.807) is 7.11 Å². The highest BCUT2D eigenvalue weighted by atomic mass is 32.2. The van der Waals surface area contributed by atoms with Crippen LogP contribution in [-0.4, -0.2) is 48.1 Å². The number of methoxy groups -OCH3 is 1. The number of aliphatic imine (C=N–C) groups is 1. The second-order valence-corrected chi connectivity index (χ2v) is 9.88. The number of cyclic esters (lactones) is 1. The highest BCUT2D eigenvalue weighted by Crippen LogP contribution is 2.42. The standard InChI is InChI=1S/C25H31NO6S/c1-17(7-9-21(27)31-12-4-5-13-33-14-10-26-11-15-33)6-8-19-23(28)22-20(16-32-25(22)29)18(2)24(19)30-3/h6,10-11,14-15,28H,4-5,7-9,12-13,16H2,1-3H3/b17-6+. The average Bonchev–Trinajstić information content (AvgIpc) is 3.21. The molecule has 0 saturated heterocycles. The first-order valence-electron chi connectivity index (χ1n) is 11.0. The van der Waals surface area contributed by atoms with Gasteiger partial charge in [0.25, 0.3) is 0 Å². The second-order valence-electron chi connectivity index (χ2n) is 7.99. The summed E-state index contributed by atoms with van der Waals surface area (Å²) in [5.41, 5.74) is 3.24. The highest BCUT2D eigenvalue weighted by Gasteiger charge is 2.31. The molecule has 0 spiro atoms. The number of nitrogens with zero attached hydrogens (tertiary/aromatic N) is 1. The summed E-state index contributed by atoms with van der Waals surface area (Å²) >= 11 is 0. The van der Waals surface area contributed by atoms with Crippen LogP contribution in [0.3, 0.4) is 0 Å². The molecule has 1 N–H and O–H groups in total. The maximum atomic E-state index is 12.1. The maximum absolute atomic E-state index is 12.1. The molecule has 1 aromatic carbocycles. The van der Waals surface area contributed by atoms with Crippen molar-refractivity contribution in [3.05, 3.63) is 45.5 Å². The Bertz CT molecular complexity index is 1040. The van der Waals surface area contributed by atoms with Gasteiger partial charge in [-0.25, -0.2) is 4.79 Å². The fourth-order valence-corrected chi connectivity index (χ4v) is 5.15. The predicted molar refractivity (Wildman–Crippen MR) is 132 cm³/mol. The van der Waals surface area contributed by atoms with Crippen molar-refractivity contribution in [3.63, 3.8) is 0 Å². The van der Waals surface area contributed by atoms with Gasteiger partial charge in [0.05, 0.1) is 13.7 Å². The zero-order valence-corrected chi connectivity index (χ0v) is 20.2. The minimum Gasteiger partial charge on any atom is -0.507 e. The lowest BCUT2D eigenvalue weighted by Crippen LogP contribution is -2.06. The van der Waals surface area contributed by atoms with Crippen LogP contribution in [0, 0.1) is 6.92 Å². The van der Waals surface area contributed by atoms with E-state index in [9.17, 15) is 14.7 Å². The second kappa shape index (κ2) is 11.8. The van der Waals surface area contributed by atoms with Crippen LogP contribution in [0.1, 0.15) is 59.7 Å². The van der Waals surface area contributed by atoms with Gasteiger partial charge in [-0.15, -0.1) is 0 Å². The van der Waals surface area contributed by atoms with Crippen LogP contribution in [-0.2, 0) is 27.3 Å². The van der Waals surface area contributed by atoms with Gasteiger partial charge >= 0.3 is 11.9 Å². The minimum atomic E-state index is -0.513. The molecule has 1 unspecified atom stereocenters. The lowest BCUT2D eigenvalue weighted by atomic mass is 9.94. The Balaban J connectivity index is 1.46. The Labute approximate surface area is 197 Å². The molecule has 0 amide bonds. The van der Waals surface area contributed by atoms with Gasteiger partial charge in [0, 0.05) is 30.0 Å². The normalized spacial score (nSPS) is 16.9. The Kier molecular flexibility index (Phi) is 8.88. The molecule has 7 nitrogen and oxygen atoms in total. The molecule has 0 aliphatic carbocycles. The predicted octanol–water partition coefficient (Wildman–Crippen LogP) is 4.60. The van der Waals surface area contributed by atoms with Crippen LogP contribution in [0.5, 0.6) is 11.5 Å². The summed E-state index contributed by atoms with van der Waals surface area (Å²) in [5, 5.41) is 14.9. The van der Waals surface area contributed by atoms with Gasteiger partial charge < -0.3 is 19.3 Å². The quantitative estimate of drug-likeness (QED) is 0.218. The molecule has 2 heterocycles. The van der Waals surface area contributed by atoms with E-state index in [0.29, 0.717) is 42.7 Å². The molecule has 0 bridgehead atoms. The fourth-order valence-electron chi connectivity index (χ4n) is 3.79. The number of hydrogen-bond donors (Lipinski definition) is 1. The number of aromatic hydroxyl groups is 1. The van der Waals surface area contributed by atoms with Crippen LogP contribution in [0.25, 0.3) is 0 Å². The third kappa shape index (κ3) is 6.35. The molecule has 1 aromatic rings. The Morgan fingerprint density at radius 1 is 1.33 bits per heavy atom. The van der Waals surface area contributed by atoms with Gasteiger partial charge in [-0.2, -0.15) is 10.5 Å². The van der Waals surface area contributed by atoms with Gasteiger partial charge in [0.15, 0.2) is 0 Å². The maximum Gasteiger partial charge on any atom is 0.342 e. The van der Waals surface area contributed by atoms with E-state index in [4.69, 9.17) is 14.2 Å². The number of benzene rings is 1. The molecule has 2 aliphatic rings. The largest absolute Gasteiger partial charge is 0.507 e. The number of esters is 2. The molecule has 0 radical (unpaired) electrons. The molecular weight excluding hydrogens is 442 g/mol. The number of carbonyl (C=O) groups is 2. The first kappa shape index (κ1) is 24.8. The van der Waals surface area contributed by atoms with Crippen LogP contribution >= 0.6 is 10.5 Å². The number of ether oxygens (including phenoxy) is 3. The van der Waals surface area contributed by atoms with Crippen molar-refractivity contribution in [2.45, 2.75) is 52.6 Å². The van der Waals surface area contributed by atoms with Crippen molar-refractivity contribution < 1.29 is 28.9 Å². The van der Waals surface area contributed by atoms with Crippen LogP contribution in [0.15, 0.2) is 28.2 Å². The minimum absolute atomic E-state index is 0.0902. The van der Waals surface area contributed by atoms with Crippen molar-refractivity contribution in [2.75, 3.05) is 19.5 Å². The van der Waals surface area contributed by atoms with E-state index in [1.807, 2.05) is 32.3 Å². The number of phenols is 1. The average molecular weight is 474 g/mol. The molecule has 3 rings (SSSR count). The molecule has 8 heteroatoms. The van der Waals surface area contributed by atoms with E-state index in [0.717, 1.165) is 29.7 Å². The lowest BCUT2D eigenvalue weighted by molar-refractivity contribution is -0.143. The van der Waals surface area contributed by atoms with Gasteiger partial charge in [0.2, 0.25) is 0 Å². The molecular formula is C25H31NO6S. The highest BCUT2D eigenvalue weighted by molar-refractivity contribution is 8.18. The molecule has 0 fully saturated rings. The first-order chi connectivity index (χ1) is 15.9. The Morgan fingerprint density at radius 2 is 2.15 bits per heavy atom. The van der Waals surface area contributed by atoms with Crippen LogP contribution in [0.4, 0.5) is 0 Å². The smallest absolute Gasteiger partial charge is 0.342 e. The van der Waals surface area contributed by atoms with E-state index < -0.39 is 5.97 Å². The van der Waals surface area contributed by atoms with E-state index in [2.05, 4.69) is 15.8 Å². The Hall–Kier alpha value is -2.87. The van der Waals surface area contributed by atoms with Crippen molar-refractivity contribution in [1.29, 1.82) is 0 Å². The number of fused-ring (bicyclic) bond motifs is 1. The molecule has 178 valence electrons. The molecule has 0 aromatic heterocycles. The summed E-state index contributed by atoms with van der Waals surface area (Å²) in [7, 11) is 1.69. The van der Waals surface area contributed by atoms with Crippen LogP contribution < -0.4 is 4.74 Å². The number of phenolic OH excluding ortho intramolecular Hbond substituents is 1. The van der Waals surface area contributed by atoms with E-state index in [1.165, 1.54) is 0 Å². The SMILES string of the molecule is COc1c(C)c2c(c(O)c1C/C=C(\C)CCC(=O)OCCCCS1=CC=NC=C1)C(=O)OC2.